The molecule has 0 radical (unpaired) electrons. The summed E-state index contributed by atoms with van der Waals surface area (Å²) in [4.78, 5) is 12.5. The van der Waals surface area contributed by atoms with Crippen molar-refractivity contribution in [2.24, 2.45) is 0 Å². The standard InChI is InChI=1S/C20H26N2O2.ClH/c1-3-15-24-19-12-11-17-9-5-6-10-18(17)20(19)22(16(2)23)21-13-7-4-8-14-21;/h5-6,9-12H,3-4,7-8,13-15H2,1-2H3;1H. The Bertz CT molecular complexity index is 714. The Morgan fingerprint density at radius 1 is 1.12 bits per heavy atom. The smallest absolute Gasteiger partial charge is 0.238 e. The van der Waals surface area contributed by atoms with Gasteiger partial charge in [-0.05, 0) is 30.7 Å². The van der Waals surface area contributed by atoms with Crippen molar-refractivity contribution in [2.75, 3.05) is 24.7 Å². The molecular formula is C20H27ClN2O2. The second-order valence-corrected chi connectivity index (χ2v) is 6.33. The van der Waals surface area contributed by atoms with Crippen LogP contribution in [0.25, 0.3) is 10.8 Å². The minimum atomic E-state index is 0. The van der Waals surface area contributed by atoms with E-state index < -0.39 is 0 Å². The minimum Gasteiger partial charge on any atom is -0.491 e. The largest absolute Gasteiger partial charge is 0.491 e. The molecule has 0 N–H and O–H groups in total. The molecule has 0 unspecified atom stereocenters. The van der Waals surface area contributed by atoms with Gasteiger partial charge < -0.3 is 4.74 Å². The Labute approximate surface area is 156 Å². The molecular weight excluding hydrogens is 336 g/mol. The number of hydrazine groups is 1. The molecule has 4 nitrogen and oxygen atoms in total. The molecule has 2 aromatic carbocycles. The molecule has 1 aliphatic heterocycles. The number of fused-ring (bicyclic) bond motifs is 1. The molecule has 0 atom stereocenters. The van der Waals surface area contributed by atoms with Crippen molar-refractivity contribution < 1.29 is 9.53 Å². The number of carbonyl (C=O) groups excluding carboxylic acids is 1. The van der Waals surface area contributed by atoms with Crippen LogP contribution in [0.15, 0.2) is 36.4 Å². The number of hydrogen-bond donors (Lipinski definition) is 0. The van der Waals surface area contributed by atoms with Gasteiger partial charge in [-0.2, -0.15) is 0 Å². The summed E-state index contributed by atoms with van der Waals surface area (Å²) < 4.78 is 6.00. The molecule has 5 heteroatoms. The third kappa shape index (κ3) is 4.25. The molecule has 2 aromatic rings. The normalized spacial score (nSPS) is 14.8. The molecule has 0 spiro atoms. The summed E-state index contributed by atoms with van der Waals surface area (Å²) in [6.45, 7) is 6.21. The van der Waals surface area contributed by atoms with E-state index in [0.29, 0.717) is 6.61 Å². The van der Waals surface area contributed by atoms with Crippen molar-refractivity contribution in [3.8, 4) is 5.75 Å². The molecule has 136 valence electrons. The summed E-state index contributed by atoms with van der Waals surface area (Å²) in [5, 5.41) is 6.20. The molecule has 1 aliphatic rings. The fourth-order valence-corrected chi connectivity index (χ4v) is 3.36. The van der Waals surface area contributed by atoms with Gasteiger partial charge in [0, 0.05) is 25.4 Å². The SMILES string of the molecule is CCCOc1ccc2ccccc2c1N(C(C)=O)N1CCCCC1.Cl. The quantitative estimate of drug-likeness (QED) is 0.765. The van der Waals surface area contributed by atoms with Crippen LogP contribution in [0.3, 0.4) is 0 Å². The van der Waals surface area contributed by atoms with Crippen molar-refractivity contribution >= 4 is 34.8 Å². The van der Waals surface area contributed by atoms with E-state index in [1.165, 1.54) is 6.42 Å². The molecule has 0 saturated carbocycles. The Kier molecular flexibility index (Phi) is 7.09. The zero-order valence-corrected chi connectivity index (χ0v) is 15.8. The van der Waals surface area contributed by atoms with Crippen LogP contribution in [0.4, 0.5) is 5.69 Å². The van der Waals surface area contributed by atoms with Gasteiger partial charge >= 0.3 is 0 Å². The van der Waals surface area contributed by atoms with Crippen LogP contribution in [0.1, 0.15) is 39.5 Å². The van der Waals surface area contributed by atoms with Crippen molar-refractivity contribution in [3.63, 3.8) is 0 Å². The van der Waals surface area contributed by atoms with Gasteiger partial charge in [0.15, 0.2) is 0 Å². The zero-order valence-electron chi connectivity index (χ0n) is 15.0. The Hall–Kier alpha value is -1.78. The third-order valence-electron chi connectivity index (χ3n) is 4.45. The summed E-state index contributed by atoms with van der Waals surface area (Å²) >= 11 is 0. The first-order valence-electron chi connectivity index (χ1n) is 8.92. The van der Waals surface area contributed by atoms with Gasteiger partial charge in [-0.3, -0.25) is 4.79 Å². The predicted octanol–water partition coefficient (Wildman–Crippen LogP) is 4.80. The number of nitrogens with zero attached hydrogens (tertiary/aromatic N) is 2. The fraction of sp³-hybridized carbons (Fsp3) is 0.450. The Balaban J connectivity index is 0.00000225. The maximum Gasteiger partial charge on any atom is 0.238 e. The summed E-state index contributed by atoms with van der Waals surface area (Å²) in [6.07, 6.45) is 4.42. The van der Waals surface area contributed by atoms with Crippen LogP contribution in [-0.2, 0) is 4.79 Å². The van der Waals surface area contributed by atoms with E-state index in [4.69, 9.17) is 4.74 Å². The number of benzene rings is 2. The average Bonchev–Trinajstić information content (AvgIpc) is 2.61. The van der Waals surface area contributed by atoms with Gasteiger partial charge in [0.05, 0.1) is 6.61 Å². The van der Waals surface area contributed by atoms with E-state index >= 15 is 0 Å². The second-order valence-electron chi connectivity index (χ2n) is 6.33. The number of hydrogen-bond acceptors (Lipinski definition) is 3. The monoisotopic (exact) mass is 362 g/mol. The highest BCUT2D eigenvalue weighted by Gasteiger charge is 2.26. The lowest BCUT2D eigenvalue weighted by Crippen LogP contribution is -2.48. The van der Waals surface area contributed by atoms with E-state index in [0.717, 1.165) is 54.6 Å². The molecule has 25 heavy (non-hydrogen) atoms. The number of anilines is 1. The molecule has 0 aromatic heterocycles. The van der Waals surface area contributed by atoms with Crippen molar-refractivity contribution in [1.29, 1.82) is 0 Å². The summed E-state index contributed by atoms with van der Waals surface area (Å²) in [5.41, 5.74) is 0.885. The van der Waals surface area contributed by atoms with Gasteiger partial charge in [0.1, 0.15) is 11.4 Å². The Morgan fingerprint density at radius 2 is 1.84 bits per heavy atom. The van der Waals surface area contributed by atoms with Crippen molar-refractivity contribution in [1.82, 2.24) is 5.01 Å². The van der Waals surface area contributed by atoms with E-state index in [-0.39, 0.29) is 18.3 Å². The summed E-state index contributed by atoms with van der Waals surface area (Å²) in [5.74, 6) is 0.825. The molecule has 0 bridgehead atoms. The van der Waals surface area contributed by atoms with Crippen LogP contribution in [0, 0.1) is 0 Å². The predicted molar refractivity (Wildman–Crippen MR) is 106 cm³/mol. The first-order valence-corrected chi connectivity index (χ1v) is 8.92. The van der Waals surface area contributed by atoms with Gasteiger partial charge in [-0.1, -0.05) is 43.7 Å². The molecule has 1 fully saturated rings. The fourth-order valence-electron chi connectivity index (χ4n) is 3.36. The van der Waals surface area contributed by atoms with Gasteiger partial charge in [-0.15, -0.1) is 12.4 Å². The van der Waals surface area contributed by atoms with Crippen LogP contribution >= 0.6 is 12.4 Å². The lowest BCUT2D eigenvalue weighted by Gasteiger charge is -2.38. The van der Waals surface area contributed by atoms with Gasteiger partial charge in [-0.25, -0.2) is 10.0 Å². The topological polar surface area (TPSA) is 32.8 Å². The summed E-state index contributed by atoms with van der Waals surface area (Å²) in [7, 11) is 0. The van der Waals surface area contributed by atoms with E-state index in [1.807, 2.05) is 23.2 Å². The first-order chi connectivity index (χ1) is 11.7. The van der Waals surface area contributed by atoms with Gasteiger partial charge in [0.25, 0.3) is 0 Å². The van der Waals surface area contributed by atoms with E-state index in [1.54, 1.807) is 6.92 Å². The number of rotatable bonds is 5. The van der Waals surface area contributed by atoms with Crippen LogP contribution in [-0.4, -0.2) is 30.6 Å². The van der Waals surface area contributed by atoms with Crippen LogP contribution in [0.5, 0.6) is 5.75 Å². The van der Waals surface area contributed by atoms with E-state index in [2.05, 4.69) is 30.1 Å². The number of amides is 1. The number of ether oxygens (including phenoxy) is 1. The van der Waals surface area contributed by atoms with E-state index in [9.17, 15) is 4.79 Å². The third-order valence-corrected chi connectivity index (χ3v) is 4.45. The van der Waals surface area contributed by atoms with Gasteiger partial charge in [0.2, 0.25) is 5.91 Å². The first kappa shape index (κ1) is 19.5. The van der Waals surface area contributed by atoms with Crippen LogP contribution in [0.2, 0.25) is 0 Å². The number of carbonyl (C=O) groups is 1. The molecule has 3 rings (SSSR count). The maximum atomic E-state index is 12.5. The lowest BCUT2D eigenvalue weighted by molar-refractivity contribution is -0.119. The molecule has 0 aliphatic carbocycles. The highest BCUT2D eigenvalue weighted by atomic mass is 35.5. The summed E-state index contributed by atoms with van der Waals surface area (Å²) in [6, 6.07) is 12.3. The van der Waals surface area contributed by atoms with Crippen molar-refractivity contribution in [3.05, 3.63) is 36.4 Å². The highest BCUT2D eigenvalue weighted by molar-refractivity contribution is 6.05. The maximum absolute atomic E-state index is 12.5. The molecule has 1 heterocycles. The average molecular weight is 363 g/mol. The Morgan fingerprint density at radius 3 is 2.52 bits per heavy atom. The number of halogens is 1. The van der Waals surface area contributed by atoms with Crippen molar-refractivity contribution in [2.45, 2.75) is 39.5 Å². The molecule has 1 saturated heterocycles. The zero-order chi connectivity index (χ0) is 16.9. The molecule has 1 amide bonds. The lowest BCUT2D eigenvalue weighted by atomic mass is 10.1. The highest BCUT2D eigenvalue weighted by Crippen LogP contribution is 2.38. The number of piperidine rings is 1. The second kappa shape index (κ2) is 9.07. The van der Waals surface area contributed by atoms with Crippen LogP contribution < -0.4 is 9.75 Å². The minimum absolute atomic E-state index is 0.